The topological polar surface area (TPSA) is 26.8 Å². The van der Waals surface area contributed by atoms with Crippen LogP contribution >= 0.6 is 7.59 Å². The van der Waals surface area contributed by atoms with Crippen molar-refractivity contribution in [1.82, 2.24) is 14.0 Å². The molecule has 1 aliphatic rings. The number of fused-ring (bicyclic) bond motifs is 1. The highest BCUT2D eigenvalue weighted by atomic mass is 31.2. The largest absolute Gasteiger partial charge is 0.286 e. The van der Waals surface area contributed by atoms with Crippen molar-refractivity contribution in [2.45, 2.75) is 38.6 Å². The number of unbranched alkanes of at least 4 members (excludes halogenated alkanes) is 1. The summed E-state index contributed by atoms with van der Waals surface area (Å²) in [7, 11) is 5.02. The Kier molecular flexibility index (Phi) is 5.84. The molecule has 22 heavy (non-hydrogen) atoms. The number of rotatable bonds is 6. The van der Waals surface area contributed by atoms with Gasteiger partial charge in [0.25, 0.3) is 7.59 Å². The minimum Gasteiger partial charge on any atom is -0.270 e. The fourth-order valence-electron chi connectivity index (χ4n) is 3.47. The Balaban J connectivity index is 2.44. The lowest BCUT2D eigenvalue weighted by atomic mass is 9.91. The van der Waals surface area contributed by atoms with Crippen LogP contribution in [0.2, 0.25) is 0 Å². The molecule has 0 aliphatic carbocycles. The molecule has 0 N–H and O–H groups in total. The molecule has 0 bridgehead atoms. The molecule has 4 nitrogen and oxygen atoms in total. The van der Waals surface area contributed by atoms with Crippen molar-refractivity contribution in [2.75, 3.05) is 34.7 Å². The molecule has 124 valence electrons. The summed E-state index contributed by atoms with van der Waals surface area (Å²) in [6, 6.07) is 8.92. The highest BCUT2D eigenvalue weighted by Crippen LogP contribution is 2.58. The van der Waals surface area contributed by atoms with Gasteiger partial charge in [0, 0.05) is 12.6 Å². The van der Waals surface area contributed by atoms with Crippen LogP contribution in [0.25, 0.3) is 0 Å². The lowest BCUT2D eigenvalue weighted by molar-refractivity contribution is 0.244. The van der Waals surface area contributed by atoms with E-state index in [1.807, 2.05) is 37.5 Å². The van der Waals surface area contributed by atoms with Crippen LogP contribution in [0.3, 0.4) is 0 Å². The van der Waals surface area contributed by atoms with Gasteiger partial charge in [-0.1, -0.05) is 44.0 Å². The molecular formula is C17H30N3OP. The van der Waals surface area contributed by atoms with Crippen molar-refractivity contribution in [2.24, 2.45) is 0 Å². The molecule has 1 aliphatic heterocycles. The van der Waals surface area contributed by atoms with Crippen molar-refractivity contribution >= 4 is 7.59 Å². The predicted octanol–water partition coefficient (Wildman–Crippen LogP) is 4.01. The Bertz CT molecular complexity index is 532. The summed E-state index contributed by atoms with van der Waals surface area (Å²) in [4.78, 5) is 0. The van der Waals surface area contributed by atoms with Crippen molar-refractivity contribution in [3.63, 3.8) is 0 Å². The van der Waals surface area contributed by atoms with E-state index in [9.17, 15) is 4.57 Å². The van der Waals surface area contributed by atoms with E-state index < -0.39 is 7.59 Å². The first-order valence-electron chi connectivity index (χ1n) is 8.23. The Morgan fingerprint density at radius 2 is 1.82 bits per heavy atom. The van der Waals surface area contributed by atoms with E-state index in [0.717, 1.165) is 25.8 Å². The van der Waals surface area contributed by atoms with Gasteiger partial charge >= 0.3 is 0 Å². The number of hydrogen-bond donors (Lipinski definition) is 0. The molecular weight excluding hydrogens is 293 g/mol. The molecule has 1 unspecified atom stereocenters. The zero-order chi connectivity index (χ0) is 16.3. The third kappa shape index (κ3) is 3.16. The first-order chi connectivity index (χ1) is 10.4. The van der Waals surface area contributed by atoms with Gasteiger partial charge in [0.1, 0.15) is 0 Å². The summed E-state index contributed by atoms with van der Waals surface area (Å²) in [6.07, 6.45) is 4.38. The van der Waals surface area contributed by atoms with Gasteiger partial charge in [-0.2, -0.15) is 0 Å². The van der Waals surface area contributed by atoms with E-state index in [4.69, 9.17) is 0 Å². The molecule has 2 rings (SSSR count). The minimum atomic E-state index is -2.69. The fourth-order valence-corrected chi connectivity index (χ4v) is 6.07. The normalized spacial score (nSPS) is 19.7. The van der Waals surface area contributed by atoms with E-state index in [2.05, 4.69) is 35.9 Å². The second kappa shape index (κ2) is 7.27. The first kappa shape index (κ1) is 17.7. The maximum Gasteiger partial charge on any atom is 0.286 e. The summed E-state index contributed by atoms with van der Waals surface area (Å²) in [5.74, 6) is 0. The molecule has 0 radical (unpaired) electrons. The van der Waals surface area contributed by atoms with Gasteiger partial charge in [0.05, 0.1) is 0 Å². The molecule has 0 saturated heterocycles. The van der Waals surface area contributed by atoms with E-state index in [-0.39, 0.29) is 6.04 Å². The molecule has 0 spiro atoms. The molecule has 0 fully saturated rings. The third-order valence-corrected chi connectivity index (χ3v) is 7.82. The van der Waals surface area contributed by atoms with Crippen molar-refractivity contribution in [1.29, 1.82) is 0 Å². The summed E-state index contributed by atoms with van der Waals surface area (Å²) >= 11 is 0. The Hall–Kier alpha value is -0.670. The smallest absolute Gasteiger partial charge is 0.270 e. The molecule has 5 heteroatoms. The van der Waals surface area contributed by atoms with Crippen LogP contribution in [0.5, 0.6) is 0 Å². The number of benzene rings is 1. The highest BCUT2D eigenvalue weighted by molar-refractivity contribution is 7.56. The van der Waals surface area contributed by atoms with Gasteiger partial charge in [0.2, 0.25) is 0 Å². The van der Waals surface area contributed by atoms with Gasteiger partial charge in [-0.15, -0.1) is 0 Å². The molecule has 1 aromatic rings. The minimum absolute atomic E-state index is 0.250. The maximum atomic E-state index is 13.7. The van der Waals surface area contributed by atoms with Crippen LogP contribution < -0.4 is 0 Å². The summed E-state index contributed by atoms with van der Waals surface area (Å²) < 4.78 is 19.8. The van der Waals surface area contributed by atoms with Gasteiger partial charge in [0.15, 0.2) is 0 Å². The Morgan fingerprint density at radius 3 is 2.41 bits per heavy atom. The fraction of sp³-hybridized carbons (Fsp3) is 0.647. The zero-order valence-electron chi connectivity index (χ0n) is 14.6. The van der Waals surface area contributed by atoms with Gasteiger partial charge in [-0.3, -0.25) is 4.57 Å². The second-order valence-corrected chi connectivity index (χ2v) is 9.62. The van der Waals surface area contributed by atoms with Gasteiger partial charge in [-0.25, -0.2) is 14.0 Å². The zero-order valence-corrected chi connectivity index (χ0v) is 15.5. The standard InChI is InChI=1S/C17H30N3OP/c1-6-7-12-17-16-11-9-8-10-15(16)13-14-20(17)22(21,18(2)3)19(4)5/h8-11,17H,6-7,12-14H2,1-5H3. The van der Waals surface area contributed by atoms with Crippen molar-refractivity contribution in [3.8, 4) is 0 Å². The Labute approximate surface area is 135 Å². The van der Waals surface area contributed by atoms with Crippen LogP contribution in [0.1, 0.15) is 43.4 Å². The number of hydrogen-bond acceptors (Lipinski definition) is 1. The van der Waals surface area contributed by atoms with Crippen molar-refractivity contribution < 1.29 is 4.57 Å². The first-order valence-corrected chi connectivity index (χ1v) is 9.80. The number of nitrogens with zero attached hydrogens (tertiary/aromatic N) is 3. The predicted molar refractivity (Wildman–Crippen MR) is 94.1 cm³/mol. The van der Waals surface area contributed by atoms with Crippen LogP contribution in [-0.2, 0) is 11.0 Å². The van der Waals surface area contributed by atoms with Gasteiger partial charge < -0.3 is 0 Å². The van der Waals surface area contributed by atoms with Crippen LogP contribution in [-0.4, -0.2) is 48.7 Å². The third-order valence-electron chi connectivity index (χ3n) is 4.59. The average Bonchev–Trinajstić information content (AvgIpc) is 2.51. The van der Waals surface area contributed by atoms with Crippen molar-refractivity contribution in [3.05, 3.63) is 35.4 Å². The maximum absolute atomic E-state index is 13.7. The van der Waals surface area contributed by atoms with Crippen LogP contribution in [0.15, 0.2) is 24.3 Å². The van der Waals surface area contributed by atoms with E-state index in [1.165, 1.54) is 17.5 Å². The SMILES string of the molecule is CCCCC1c2ccccc2CCN1P(=O)(N(C)C)N(C)C. The van der Waals surface area contributed by atoms with E-state index in [0.29, 0.717) is 0 Å². The summed E-state index contributed by atoms with van der Waals surface area (Å²) in [6.45, 7) is 3.08. The van der Waals surface area contributed by atoms with E-state index in [1.54, 1.807) is 0 Å². The Morgan fingerprint density at radius 1 is 1.18 bits per heavy atom. The van der Waals surface area contributed by atoms with Crippen LogP contribution in [0, 0.1) is 0 Å². The molecule has 0 aromatic heterocycles. The highest BCUT2D eigenvalue weighted by Gasteiger charge is 2.42. The molecule has 0 amide bonds. The lowest BCUT2D eigenvalue weighted by Crippen LogP contribution is -2.41. The van der Waals surface area contributed by atoms with Crippen LogP contribution in [0.4, 0.5) is 0 Å². The average molecular weight is 323 g/mol. The quantitative estimate of drug-likeness (QED) is 0.739. The lowest BCUT2D eigenvalue weighted by Gasteiger charge is -2.46. The molecule has 1 heterocycles. The van der Waals surface area contributed by atoms with E-state index >= 15 is 0 Å². The second-order valence-electron chi connectivity index (χ2n) is 6.48. The molecule has 0 saturated carbocycles. The molecule has 1 aromatic carbocycles. The summed E-state index contributed by atoms with van der Waals surface area (Å²) in [5.41, 5.74) is 2.79. The molecule has 1 atom stereocenters. The van der Waals surface area contributed by atoms with Gasteiger partial charge in [-0.05, 0) is 52.2 Å². The monoisotopic (exact) mass is 323 g/mol. The summed E-state index contributed by atoms with van der Waals surface area (Å²) in [5, 5.41) is 0.